The minimum absolute atomic E-state index is 0.238. The molecule has 0 unspecified atom stereocenters. The third-order valence-corrected chi connectivity index (χ3v) is 5.10. The van der Waals surface area contributed by atoms with Gasteiger partial charge in [0.05, 0.1) is 31.5 Å². The number of aromatic nitrogens is 2. The molecule has 0 amide bonds. The molecule has 1 atom stereocenters. The zero-order valence-electron chi connectivity index (χ0n) is 19.4. The normalized spacial score (nSPS) is 12.1. The van der Waals surface area contributed by atoms with Crippen molar-refractivity contribution in [3.63, 3.8) is 0 Å². The van der Waals surface area contributed by atoms with E-state index in [1.165, 1.54) is 0 Å². The van der Waals surface area contributed by atoms with Gasteiger partial charge >= 0.3 is 0 Å². The number of hydrogen-bond donors (Lipinski definition) is 1. The fraction of sp³-hybridized carbons (Fsp3) is 0.346. The van der Waals surface area contributed by atoms with Crippen LogP contribution in [-0.4, -0.2) is 65.9 Å². The highest BCUT2D eigenvalue weighted by Crippen LogP contribution is 2.34. The highest BCUT2D eigenvalue weighted by Gasteiger charge is 2.23. The summed E-state index contributed by atoms with van der Waals surface area (Å²) in [5.41, 5.74) is 2.80. The van der Waals surface area contributed by atoms with Gasteiger partial charge in [0, 0.05) is 39.4 Å². The number of rotatable bonds is 14. The van der Waals surface area contributed by atoms with Crippen LogP contribution in [0, 0.1) is 0 Å². The van der Waals surface area contributed by atoms with Gasteiger partial charge in [-0.05, 0) is 12.1 Å². The van der Waals surface area contributed by atoms with Gasteiger partial charge in [-0.2, -0.15) is 5.10 Å². The van der Waals surface area contributed by atoms with Crippen molar-refractivity contribution in [2.24, 2.45) is 7.05 Å². The van der Waals surface area contributed by atoms with Crippen LogP contribution < -0.4 is 4.74 Å². The summed E-state index contributed by atoms with van der Waals surface area (Å²) in [6, 6.07) is 19.7. The molecule has 0 aliphatic carbocycles. The van der Waals surface area contributed by atoms with Gasteiger partial charge in [0.25, 0.3) is 0 Å². The lowest BCUT2D eigenvalue weighted by atomic mass is 10.1. The van der Waals surface area contributed by atoms with Gasteiger partial charge in [-0.25, -0.2) is 4.68 Å². The van der Waals surface area contributed by atoms with Crippen molar-refractivity contribution in [3.05, 3.63) is 78.9 Å². The Labute approximate surface area is 195 Å². The number of hydrogen-bond acceptors (Lipinski definition) is 6. The van der Waals surface area contributed by atoms with E-state index >= 15 is 0 Å². The maximum Gasteiger partial charge on any atom is 0.222 e. The van der Waals surface area contributed by atoms with E-state index in [1.54, 1.807) is 17.9 Å². The van der Waals surface area contributed by atoms with Gasteiger partial charge in [0.2, 0.25) is 5.88 Å². The van der Waals surface area contributed by atoms with Gasteiger partial charge in [-0.1, -0.05) is 54.6 Å². The Morgan fingerprint density at radius 1 is 1.12 bits per heavy atom. The van der Waals surface area contributed by atoms with Crippen molar-refractivity contribution in [1.82, 2.24) is 14.7 Å². The second-order valence-corrected chi connectivity index (χ2v) is 7.74. The number of aryl methyl sites for hydroxylation is 1. The van der Waals surface area contributed by atoms with Crippen molar-refractivity contribution in [1.29, 1.82) is 0 Å². The minimum Gasteiger partial charge on any atom is -0.439 e. The van der Waals surface area contributed by atoms with E-state index in [4.69, 9.17) is 19.3 Å². The molecule has 0 saturated heterocycles. The lowest BCUT2D eigenvalue weighted by Gasteiger charge is -2.25. The van der Waals surface area contributed by atoms with Crippen LogP contribution in [-0.2, 0) is 23.1 Å². The van der Waals surface area contributed by atoms with Gasteiger partial charge < -0.3 is 19.3 Å². The molecule has 1 aromatic heterocycles. The van der Waals surface area contributed by atoms with E-state index in [-0.39, 0.29) is 6.61 Å². The molecule has 0 radical (unpaired) electrons. The first-order valence-electron chi connectivity index (χ1n) is 11.0. The van der Waals surface area contributed by atoms with Crippen molar-refractivity contribution >= 4 is 0 Å². The average Bonchev–Trinajstić information content (AvgIpc) is 3.13. The molecule has 33 heavy (non-hydrogen) atoms. The Kier molecular flexibility index (Phi) is 9.65. The largest absolute Gasteiger partial charge is 0.439 e. The molecule has 3 aromatic rings. The molecule has 176 valence electrons. The number of aliphatic hydroxyl groups is 1. The number of methoxy groups -OCH3 is 1. The molecule has 0 bridgehead atoms. The van der Waals surface area contributed by atoms with E-state index in [0.29, 0.717) is 38.7 Å². The first kappa shape index (κ1) is 24.7. The fourth-order valence-electron chi connectivity index (χ4n) is 3.57. The molecular weight excluding hydrogens is 418 g/mol. The van der Waals surface area contributed by atoms with E-state index in [1.807, 2.05) is 67.7 Å². The maximum absolute atomic E-state index is 10.5. The first-order chi connectivity index (χ1) is 16.1. The van der Waals surface area contributed by atoms with Crippen molar-refractivity contribution < 1.29 is 19.3 Å². The SMILES string of the molecule is C=CCOC[C@@H](O)CN(CCOC)Cc1c(-c2ccccc2)nn(C)c1Oc1ccccc1. The van der Waals surface area contributed by atoms with Crippen molar-refractivity contribution in [2.45, 2.75) is 12.6 Å². The monoisotopic (exact) mass is 451 g/mol. The molecule has 0 aliphatic heterocycles. The van der Waals surface area contributed by atoms with E-state index in [9.17, 15) is 5.11 Å². The maximum atomic E-state index is 10.5. The quantitative estimate of drug-likeness (QED) is 0.296. The zero-order valence-corrected chi connectivity index (χ0v) is 19.4. The Morgan fingerprint density at radius 3 is 2.48 bits per heavy atom. The number of benzene rings is 2. The van der Waals surface area contributed by atoms with Gasteiger partial charge in [0.1, 0.15) is 11.4 Å². The van der Waals surface area contributed by atoms with Crippen LogP contribution in [0.5, 0.6) is 11.6 Å². The summed E-state index contributed by atoms with van der Waals surface area (Å²) in [6.07, 6.45) is 1.03. The predicted molar refractivity (Wildman–Crippen MR) is 129 cm³/mol. The molecule has 0 saturated carbocycles. The standard InChI is InChI=1S/C26H33N3O4/c1-4-16-32-20-22(30)18-29(15-17-31-3)19-24-25(21-11-7-5-8-12-21)27-28(2)26(24)33-23-13-9-6-10-14-23/h4-14,22,30H,1,15-20H2,2-3H3/t22-/m0/s1. The van der Waals surface area contributed by atoms with Crippen LogP contribution in [0.3, 0.4) is 0 Å². The number of nitrogens with zero attached hydrogens (tertiary/aromatic N) is 3. The molecule has 1 heterocycles. The summed E-state index contributed by atoms with van der Waals surface area (Å²) in [5.74, 6) is 1.41. The predicted octanol–water partition coefficient (Wildman–Crippen LogP) is 3.89. The minimum atomic E-state index is -0.642. The number of para-hydroxylation sites is 1. The van der Waals surface area contributed by atoms with Gasteiger partial charge in [-0.15, -0.1) is 6.58 Å². The zero-order chi connectivity index (χ0) is 23.5. The highest BCUT2D eigenvalue weighted by atomic mass is 16.5. The van der Waals surface area contributed by atoms with E-state index < -0.39 is 6.10 Å². The lowest BCUT2D eigenvalue weighted by Crippen LogP contribution is -2.36. The molecule has 3 rings (SSSR count). The third kappa shape index (κ3) is 7.27. The average molecular weight is 452 g/mol. The molecule has 0 aliphatic rings. The van der Waals surface area contributed by atoms with Crippen molar-refractivity contribution in [2.75, 3.05) is 40.0 Å². The molecule has 1 N–H and O–H groups in total. The smallest absolute Gasteiger partial charge is 0.222 e. The Hall–Kier alpha value is -2.97. The van der Waals surface area contributed by atoms with Crippen molar-refractivity contribution in [3.8, 4) is 22.9 Å². The van der Waals surface area contributed by atoms with Crippen LogP contribution in [0.25, 0.3) is 11.3 Å². The topological polar surface area (TPSA) is 69.0 Å². The molecule has 2 aromatic carbocycles. The summed E-state index contributed by atoms with van der Waals surface area (Å²) in [6.45, 7) is 6.42. The molecular formula is C26H33N3O4. The van der Waals surface area contributed by atoms with Crippen LogP contribution >= 0.6 is 0 Å². The first-order valence-corrected chi connectivity index (χ1v) is 11.0. The lowest BCUT2D eigenvalue weighted by molar-refractivity contribution is 0.0193. The molecule has 7 nitrogen and oxygen atoms in total. The second-order valence-electron chi connectivity index (χ2n) is 7.74. The third-order valence-electron chi connectivity index (χ3n) is 5.10. The summed E-state index contributed by atoms with van der Waals surface area (Å²) in [4.78, 5) is 2.13. The summed E-state index contributed by atoms with van der Waals surface area (Å²) >= 11 is 0. The van der Waals surface area contributed by atoms with E-state index in [2.05, 4.69) is 11.5 Å². The summed E-state index contributed by atoms with van der Waals surface area (Å²) in [5, 5.41) is 15.3. The van der Waals surface area contributed by atoms with Crippen LogP contribution in [0.4, 0.5) is 0 Å². The Bertz CT molecular complexity index is 976. The highest BCUT2D eigenvalue weighted by molar-refractivity contribution is 5.65. The van der Waals surface area contributed by atoms with Crippen LogP contribution in [0.15, 0.2) is 73.3 Å². The Balaban J connectivity index is 1.91. The number of aliphatic hydroxyl groups excluding tert-OH is 1. The van der Waals surface area contributed by atoms with Crippen LogP contribution in [0.2, 0.25) is 0 Å². The Morgan fingerprint density at radius 2 is 1.82 bits per heavy atom. The summed E-state index contributed by atoms with van der Waals surface area (Å²) in [7, 11) is 3.55. The van der Waals surface area contributed by atoms with Gasteiger partial charge in [0.15, 0.2) is 0 Å². The van der Waals surface area contributed by atoms with Crippen LogP contribution in [0.1, 0.15) is 5.56 Å². The fourth-order valence-corrected chi connectivity index (χ4v) is 3.57. The molecule has 0 spiro atoms. The van der Waals surface area contributed by atoms with Gasteiger partial charge in [-0.3, -0.25) is 4.90 Å². The molecule has 0 fully saturated rings. The van der Waals surface area contributed by atoms with E-state index in [0.717, 1.165) is 22.6 Å². The second kappa shape index (κ2) is 12.9. The number of ether oxygens (including phenoxy) is 3. The molecule has 7 heteroatoms. The summed E-state index contributed by atoms with van der Waals surface area (Å²) < 4.78 is 18.8.